The minimum atomic E-state index is -1.30. The Bertz CT molecular complexity index is 819. The van der Waals surface area contributed by atoms with Gasteiger partial charge in [-0.05, 0) is 29.3 Å². The number of benzene rings is 2. The van der Waals surface area contributed by atoms with Crippen molar-refractivity contribution < 1.29 is 19.2 Å². The molecule has 0 fully saturated rings. The molecule has 122 valence electrons. The third-order valence-corrected chi connectivity index (χ3v) is 3.26. The molecular formula is C16H14N4O4. The number of urea groups is 2. The molecule has 6 N–H and O–H groups in total. The van der Waals surface area contributed by atoms with Crippen LogP contribution >= 0.6 is 0 Å². The van der Waals surface area contributed by atoms with Gasteiger partial charge >= 0.3 is 12.1 Å². The van der Waals surface area contributed by atoms with E-state index >= 15 is 0 Å². The van der Waals surface area contributed by atoms with Gasteiger partial charge in [0.15, 0.2) is 0 Å². The van der Waals surface area contributed by atoms with Crippen LogP contribution < -0.4 is 17.2 Å². The molecule has 0 aliphatic rings. The second-order valence-corrected chi connectivity index (χ2v) is 4.81. The van der Waals surface area contributed by atoms with Crippen LogP contribution in [-0.4, -0.2) is 28.8 Å². The molecule has 2 aromatic carbocycles. The van der Waals surface area contributed by atoms with Crippen LogP contribution in [0.25, 0.3) is 11.1 Å². The van der Waals surface area contributed by atoms with Gasteiger partial charge < -0.3 is 17.2 Å². The Balaban J connectivity index is 2.58. The zero-order chi connectivity index (χ0) is 17.9. The molecule has 2 rings (SSSR count). The lowest BCUT2D eigenvalue weighted by Crippen LogP contribution is -2.47. The Labute approximate surface area is 136 Å². The molecule has 2 aromatic rings. The summed E-state index contributed by atoms with van der Waals surface area (Å²) >= 11 is 0. The average Bonchev–Trinajstić information content (AvgIpc) is 2.54. The lowest BCUT2D eigenvalue weighted by Gasteiger charge is -2.15. The summed E-state index contributed by atoms with van der Waals surface area (Å²) in [7, 11) is 0. The molecule has 0 aliphatic heterocycles. The van der Waals surface area contributed by atoms with E-state index in [0.29, 0.717) is 11.1 Å². The summed E-state index contributed by atoms with van der Waals surface area (Å²) in [4.78, 5) is 46.5. The normalized spacial score (nSPS) is 10.0. The van der Waals surface area contributed by atoms with Crippen LogP contribution in [0.5, 0.6) is 0 Å². The van der Waals surface area contributed by atoms with Crippen molar-refractivity contribution in [2.75, 3.05) is 0 Å². The first-order valence-electron chi connectivity index (χ1n) is 6.75. The van der Waals surface area contributed by atoms with Gasteiger partial charge in [0.1, 0.15) is 0 Å². The van der Waals surface area contributed by atoms with E-state index in [4.69, 9.17) is 17.2 Å². The van der Waals surface area contributed by atoms with E-state index in [0.717, 1.165) is 0 Å². The number of nitrogens with zero attached hydrogens (tertiary/aromatic N) is 1. The van der Waals surface area contributed by atoms with Crippen LogP contribution in [-0.2, 0) is 0 Å². The fourth-order valence-electron chi connectivity index (χ4n) is 2.19. The van der Waals surface area contributed by atoms with Gasteiger partial charge in [0.05, 0.1) is 0 Å². The van der Waals surface area contributed by atoms with Crippen molar-refractivity contribution in [1.82, 2.24) is 4.90 Å². The van der Waals surface area contributed by atoms with E-state index in [9.17, 15) is 19.2 Å². The fraction of sp³-hybridized carbons (Fsp3) is 0. The van der Waals surface area contributed by atoms with Gasteiger partial charge in [0, 0.05) is 11.1 Å². The topological polar surface area (TPSA) is 150 Å². The van der Waals surface area contributed by atoms with Gasteiger partial charge in [0.25, 0.3) is 5.91 Å². The Morgan fingerprint density at radius 2 is 1.38 bits per heavy atom. The Hall–Kier alpha value is -3.68. The number of imide groups is 3. The second kappa shape index (κ2) is 6.61. The van der Waals surface area contributed by atoms with Crippen molar-refractivity contribution in [3.63, 3.8) is 0 Å². The molecule has 8 heteroatoms. The Morgan fingerprint density at radius 3 is 1.88 bits per heavy atom. The van der Waals surface area contributed by atoms with Crippen molar-refractivity contribution in [1.29, 1.82) is 0 Å². The van der Waals surface area contributed by atoms with Gasteiger partial charge in [-0.2, -0.15) is 4.90 Å². The number of nitrogens with two attached hydrogens (primary N) is 3. The van der Waals surface area contributed by atoms with Crippen molar-refractivity contribution >= 4 is 23.9 Å². The van der Waals surface area contributed by atoms with E-state index in [-0.39, 0.29) is 16.0 Å². The molecule has 0 bridgehead atoms. The SMILES string of the molecule is NC(=O)c1ccc(C(=O)N(C(N)=O)C(N)=O)cc1-c1ccccc1. The van der Waals surface area contributed by atoms with Crippen molar-refractivity contribution in [2.45, 2.75) is 0 Å². The fourth-order valence-corrected chi connectivity index (χ4v) is 2.19. The molecule has 0 unspecified atom stereocenters. The molecule has 24 heavy (non-hydrogen) atoms. The first-order chi connectivity index (χ1) is 11.3. The van der Waals surface area contributed by atoms with E-state index in [1.165, 1.54) is 18.2 Å². The maximum absolute atomic E-state index is 12.3. The van der Waals surface area contributed by atoms with Crippen LogP contribution in [0.3, 0.4) is 0 Å². The first kappa shape index (κ1) is 16.7. The van der Waals surface area contributed by atoms with Gasteiger partial charge in [-0.3, -0.25) is 9.59 Å². The summed E-state index contributed by atoms with van der Waals surface area (Å²) in [5.74, 6) is -1.68. The average molecular weight is 326 g/mol. The Morgan fingerprint density at radius 1 is 0.792 bits per heavy atom. The molecule has 0 aromatic heterocycles. The summed E-state index contributed by atoms with van der Waals surface area (Å²) < 4.78 is 0. The molecule has 0 radical (unpaired) electrons. The van der Waals surface area contributed by atoms with Gasteiger partial charge in [-0.1, -0.05) is 30.3 Å². The zero-order valence-corrected chi connectivity index (χ0v) is 12.4. The standard InChI is InChI=1S/C16H14N4O4/c17-13(21)11-7-6-10(14(22)20(15(18)23)16(19)24)8-12(11)9-4-2-1-3-5-9/h1-8H,(H2,17,21)(H2,18,23)(H2,19,24). The van der Waals surface area contributed by atoms with Crippen LogP contribution in [0.15, 0.2) is 48.5 Å². The summed E-state index contributed by atoms with van der Waals surface area (Å²) in [6.07, 6.45) is 0. The molecule has 0 heterocycles. The van der Waals surface area contributed by atoms with Gasteiger partial charge in [-0.15, -0.1) is 0 Å². The maximum Gasteiger partial charge on any atom is 0.330 e. The minimum absolute atomic E-state index is 0.0450. The molecule has 0 spiro atoms. The van der Waals surface area contributed by atoms with E-state index in [1.807, 2.05) is 0 Å². The summed E-state index contributed by atoms with van der Waals surface area (Å²) in [6.45, 7) is 0. The highest BCUT2D eigenvalue weighted by molar-refractivity contribution is 6.15. The number of hydrogen-bond acceptors (Lipinski definition) is 4. The number of rotatable bonds is 3. The third kappa shape index (κ3) is 3.22. The maximum atomic E-state index is 12.3. The van der Waals surface area contributed by atoms with Crippen LogP contribution in [0, 0.1) is 0 Å². The lowest BCUT2D eigenvalue weighted by atomic mass is 9.96. The van der Waals surface area contributed by atoms with E-state index < -0.39 is 23.9 Å². The van der Waals surface area contributed by atoms with Crippen LogP contribution in [0.1, 0.15) is 20.7 Å². The van der Waals surface area contributed by atoms with Gasteiger partial charge in [-0.25, -0.2) is 9.59 Å². The molecule has 0 saturated heterocycles. The second-order valence-electron chi connectivity index (χ2n) is 4.81. The molecule has 0 aliphatic carbocycles. The highest BCUT2D eigenvalue weighted by Crippen LogP contribution is 2.25. The number of primary amides is 3. The monoisotopic (exact) mass is 326 g/mol. The van der Waals surface area contributed by atoms with Crippen molar-refractivity contribution in [3.8, 4) is 11.1 Å². The number of amides is 6. The zero-order valence-electron chi connectivity index (χ0n) is 12.4. The molecule has 6 amide bonds. The largest absolute Gasteiger partial charge is 0.366 e. The molecular weight excluding hydrogens is 312 g/mol. The first-order valence-corrected chi connectivity index (χ1v) is 6.75. The van der Waals surface area contributed by atoms with Crippen molar-refractivity contribution in [2.24, 2.45) is 17.2 Å². The smallest absolute Gasteiger partial charge is 0.330 e. The molecule has 0 saturated carbocycles. The summed E-state index contributed by atoms with van der Waals surface area (Å²) in [5, 5.41) is 0. The van der Waals surface area contributed by atoms with Gasteiger partial charge in [0.2, 0.25) is 5.91 Å². The predicted octanol–water partition coefficient (Wildman–Crippen LogP) is 1.05. The molecule has 0 atom stereocenters. The number of carbonyl (C=O) groups excluding carboxylic acids is 4. The van der Waals surface area contributed by atoms with Crippen molar-refractivity contribution in [3.05, 3.63) is 59.7 Å². The highest BCUT2D eigenvalue weighted by atomic mass is 16.2. The summed E-state index contributed by atoms with van der Waals surface area (Å²) in [6, 6.07) is 10.0. The quantitative estimate of drug-likeness (QED) is 0.772. The molecule has 8 nitrogen and oxygen atoms in total. The van der Waals surface area contributed by atoms with E-state index in [1.54, 1.807) is 30.3 Å². The van der Waals surface area contributed by atoms with Crippen LogP contribution in [0.4, 0.5) is 9.59 Å². The Kier molecular flexibility index (Phi) is 4.60. The predicted molar refractivity (Wildman–Crippen MR) is 85.7 cm³/mol. The number of carbonyl (C=O) groups is 4. The lowest BCUT2D eigenvalue weighted by molar-refractivity contribution is 0.0847. The third-order valence-electron chi connectivity index (χ3n) is 3.26. The van der Waals surface area contributed by atoms with Crippen LogP contribution in [0.2, 0.25) is 0 Å². The highest BCUT2D eigenvalue weighted by Gasteiger charge is 2.26. The minimum Gasteiger partial charge on any atom is -0.366 e. The number of hydrogen-bond donors (Lipinski definition) is 3. The summed E-state index contributed by atoms with van der Waals surface area (Å²) in [5.41, 5.74) is 16.5. The van der Waals surface area contributed by atoms with E-state index in [2.05, 4.69) is 0 Å².